The van der Waals surface area contributed by atoms with Crippen LogP contribution in [0.15, 0.2) is 23.4 Å². The summed E-state index contributed by atoms with van der Waals surface area (Å²) in [7, 11) is -4.05. The minimum absolute atomic E-state index is 0.0196. The Kier molecular flexibility index (Phi) is 4.03. The van der Waals surface area contributed by atoms with Crippen LogP contribution >= 0.6 is 0 Å². The first-order valence-corrected chi connectivity index (χ1v) is 7.60. The maximum absolute atomic E-state index is 12.1. The molecule has 2 heterocycles. The van der Waals surface area contributed by atoms with Crippen LogP contribution in [0.5, 0.6) is 0 Å². The van der Waals surface area contributed by atoms with Gasteiger partial charge in [-0.2, -0.15) is 8.42 Å². The van der Waals surface area contributed by atoms with Crippen LogP contribution in [0.1, 0.15) is 30.1 Å². The summed E-state index contributed by atoms with van der Waals surface area (Å²) in [4.78, 5) is 27.2. The highest BCUT2D eigenvalue weighted by Crippen LogP contribution is 2.27. The van der Waals surface area contributed by atoms with Gasteiger partial charge in [0, 0.05) is 6.20 Å². The molecular formula is C12H14N2O5S. The second-order valence-electron chi connectivity index (χ2n) is 4.25. The topological polar surface area (TPSA) is 93.6 Å². The van der Waals surface area contributed by atoms with Gasteiger partial charge in [-0.3, -0.25) is 9.59 Å². The highest BCUT2D eigenvalue weighted by Gasteiger charge is 2.43. The number of amides is 1. The van der Waals surface area contributed by atoms with E-state index in [9.17, 15) is 18.0 Å². The van der Waals surface area contributed by atoms with Crippen molar-refractivity contribution in [2.45, 2.75) is 24.8 Å². The van der Waals surface area contributed by atoms with Crippen molar-refractivity contribution in [3.05, 3.63) is 23.9 Å². The molecule has 1 aliphatic rings. The van der Waals surface area contributed by atoms with Crippen LogP contribution in [-0.4, -0.2) is 42.7 Å². The molecule has 8 heteroatoms. The maximum atomic E-state index is 12.1. The molecule has 0 radical (unpaired) electrons. The Morgan fingerprint density at radius 1 is 1.45 bits per heavy atom. The van der Waals surface area contributed by atoms with Gasteiger partial charge in [0.1, 0.15) is 6.54 Å². The fourth-order valence-corrected chi connectivity index (χ4v) is 3.19. The molecule has 108 valence electrons. The molecule has 0 fully saturated rings. The van der Waals surface area contributed by atoms with Crippen LogP contribution in [-0.2, 0) is 19.6 Å². The lowest BCUT2D eigenvalue weighted by Gasteiger charge is -2.13. The molecule has 20 heavy (non-hydrogen) atoms. The molecule has 1 amide bonds. The Bertz CT molecular complexity index is 641. The number of carbonyl (C=O) groups is 2. The molecule has 0 N–H and O–H groups in total. The Labute approximate surface area is 116 Å². The molecule has 0 aliphatic carbocycles. The van der Waals surface area contributed by atoms with E-state index >= 15 is 0 Å². The predicted octanol–water partition coefficient (Wildman–Crippen LogP) is 0.569. The third-order valence-corrected chi connectivity index (χ3v) is 4.49. The van der Waals surface area contributed by atoms with Crippen molar-refractivity contribution < 1.29 is 22.7 Å². The molecule has 1 aliphatic heterocycles. The van der Waals surface area contributed by atoms with Crippen molar-refractivity contribution in [2.24, 2.45) is 0 Å². The Balaban J connectivity index is 2.15. The summed E-state index contributed by atoms with van der Waals surface area (Å²) in [5, 5.41) is -0.314. The van der Waals surface area contributed by atoms with Crippen LogP contribution in [0.25, 0.3) is 0 Å². The third-order valence-electron chi connectivity index (χ3n) is 2.80. The molecule has 0 atom stereocenters. The molecule has 0 spiro atoms. The van der Waals surface area contributed by atoms with Crippen molar-refractivity contribution in [1.82, 2.24) is 9.29 Å². The number of hydrogen-bond donors (Lipinski definition) is 0. The Morgan fingerprint density at radius 2 is 2.20 bits per heavy atom. The second-order valence-corrected chi connectivity index (χ2v) is 6.02. The summed E-state index contributed by atoms with van der Waals surface area (Å²) in [5.74, 6) is -1.50. The van der Waals surface area contributed by atoms with Crippen LogP contribution in [0.3, 0.4) is 0 Å². The summed E-state index contributed by atoms with van der Waals surface area (Å²) < 4.78 is 29.6. The van der Waals surface area contributed by atoms with Gasteiger partial charge in [-0.05, 0) is 18.6 Å². The number of pyridine rings is 1. The van der Waals surface area contributed by atoms with E-state index in [2.05, 4.69) is 4.98 Å². The summed E-state index contributed by atoms with van der Waals surface area (Å²) >= 11 is 0. The number of fused-ring (bicyclic) bond motifs is 1. The first-order chi connectivity index (χ1) is 9.48. The highest BCUT2D eigenvalue weighted by atomic mass is 32.2. The zero-order valence-corrected chi connectivity index (χ0v) is 11.7. The van der Waals surface area contributed by atoms with Crippen molar-refractivity contribution in [1.29, 1.82) is 0 Å². The van der Waals surface area contributed by atoms with Crippen LogP contribution in [0, 0.1) is 0 Å². The zero-order chi connectivity index (χ0) is 14.8. The Morgan fingerprint density at radius 3 is 2.85 bits per heavy atom. The number of hydrogen-bond acceptors (Lipinski definition) is 6. The van der Waals surface area contributed by atoms with E-state index in [1.165, 1.54) is 18.3 Å². The minimum Gasteiger partial charge on any atom is -0.464 e. The van der Waals surface area contributed by atoms with Crippen molar-refractivity contribution >= 4 is 21.9 Å². The monoisotopic (exact) mass is 298 g/mol. The summed E-state index contributed by atoms with van der Waals surface area (Å²) in [6.07, 6.45) is 2.82. The standard InChI is InChI=1S/C12H14N2O5S/c1-2-3-7-19-10(15)8-14-12(16)9-5-4-6-13-11(9)20(14,17)18/h4-6H,2-3,7-8H2,1H3. The van der Waals surface area contributed by atoms with Crippen LogP contribution < -0.4 is 0 Å². The lowest BCUT2D eigenvalue weighted by atomic mass is 10.3. The normalized spacial score (nSPS) is 16.1. The Hall–Kier alpha value is -1.96. The lowest BCUT2D eigenvalue weighted by molar-refractivity contribution is -0.143. The SMILES string of the molecule is CCCCOC(=O)CN1C(=O)c2cccnc2S1(=O)=O. The average Bonchev–Trinajstić information content (AvgIpc) is 2.61. The third kappa shape index (κ3) is 2.51. The lowest BCUT2D eigenvalue weighted by Crippen LogP contribution is -2.36. The molecule has 0 bridgehead atoms. The van der Waals surface area contributed by atoms with E-state index < -0.39 is 28.4 Å². The van der Waals surface area contributed by atoms with Gasteiger partial charge in [0.25, 0.3) is 15.9 Å². The van der Waals surface area contributed by atoms with Gasteiger partial charge in [0.15, 0.2) is 5.03 Å². The average molecular weight is 298 g/mol. The quantitative estimate of drug-likeness (QED) is 0.582. The highest BCUT2D eigenvalue weighted by molar-refractivity contribution is 7.90. The van der Waals surface area contributed by atoms with Crippen LogP contribution in [0.4, 0.5) is 0 Å². The molecule has 1 aromatic heterocycles. The van der Waals surface area contributed by atoms with Gasteiger partial charge in [0.2, 0.25) is 0 Å². The largest absolute Gasteiger partial charge is 0.464 e. The van der Waals surface area contributed by atoms with Gasteiger partial charge in [0.05, 0.1) is 12.2 Å². The first-order valence-electron chi connectivity index (χ1n) is 6.16. The number of nitrogens with zero attached hydrogens (tertiary/aromatic N) is 2. The van der Waals surface area contributed by atoms with Gasteiger partial charge < -0.3 is 4.74 Å². The zero-order valence-electron chi connectivity index (χ0n) is 10.9. The summed E-state index contributed by atoms with van der Waals surface area (Å²) in [6.45, 7) is 1.52. The van der Waals surface area contributed by atoms with Gasteiger partial charge in [-0.25, -0.2) is 9.29 Å². The van der Waals surface area contributed by atoms with Crippen molar-refractivity contribution in [3.8, 4) is 0 Å². The number of sulfonamides is 1. The van der Waals surface area contributed by atoms with E-state index in [-0.39, 0.29) is 17.2 Å². The fraction of sp³-hybridized carbons (Fsp3) is 0.417. The number of unbranched alkanes of at least 4 members (excludes halogenated alkanes) is 1. The summed E-state index contributed by atoms with van der Waals surface area (Å²) in [5.41, 5.74) is -0.0196. The van der Waals surface area contributed by atoms with Gasteiger partial charge in [-0.15, -0.1) is 0 Å². The number of ether oxygens (including phenoxy) is 1. The number of esters is 1. The van der Waals surface area contributed by atoms with Gasteiger partial charge in [-0.1, -0.05) is 13.3 Å². The molecule has 0 saturated heterocycles. The number of carbonyl (C=O) groups excluding carboxylic acids is 2. The predicted molar refractivity (Wildman–Crippen MR) is 68.3 cm³/mol. The van der Waals surface area contributed by atoms with E-state index in [0.29, 0.717) is 10.7 Å². The molecule has 7 nitrogen and oxygen atoms in total. The number of aromatic nitrogens is 1. The minimum atomic E-state index is -4.05. The second kappa shape index (κ2) is 5.58. The van der Waals surface area contributed by atoms with Crippen molar-refractivity contribution in [2.75, 3.05) is 13.2 Å². The maximum Gasteiger partial charge on any atom is 0.326 e. The molecule has 2 rings (SSSR count). The van der Waals surface area contributed by atoms with Crippen molar-refractivity contribution in [3.63, 3.8) is 0 Å². The number of rotatable bonds is 5. The molecule has 0 unspecified atom stereocenters. The van der Waals surface area contributed by atoms with Crippen LogP contribution in [0.2, 0.25) is 0 Å². The fourth-order valence-electron chi connectivity index (χ4n) is 1.76. The van der Waals surface area contributed by atoms with E-state index in [1.54, 1.807) is 0 Å². The molecular weight excluding hydrogens is 284 g/mol. The van der Waals surface area contributed by atoms with E-state index in [0.717, 1.165) is 6.42 Å². The summed E-state index contributed by atoms with van der Waals surface area (Å²) in [6, 6.07) is 2.83. The molecule has 0 saturated carbocycles. The van der Waals surface area contributed by atoms with E-state index in [1.807, 2.05) is 6.92 Å². The van der Waals surface area contributed by atoms with E-state index in [4.69, 9.17) is 4.74 Å². The smallest absolute Gasteiger partial charge is 0.326 e. The van der Waals surface area contributed by atoms with Gasteiger partial charge >= 0.3 is 5.97 Å². The molecule has 1 aromatic rings. The molecule has 0 aromatic carbocycles. The first kappa shape index (κ1) is 14.4.